The molecule has 0 saturated heterocycles. The van der Waals surface area contributed by atoms with Gasteiger partial charge in [0.2, 0.25) is 10.0 Å². The minimum Gasteiger partial charge on any atom is -0.229 e. The molecule has 0 fully saturated rings. The predicted octanol–water partition coefficient (Wildman–Crippen LogP) is -0.641. The van der Waals surface area contributed by atoms with Crippen molar-refractivity contribution in [1.29, 1.82) is 0 Å². The second kappa shape index (κ2) is 4.39. The molecule has 0 aromatic carbocycles. The molecule has 0 bridgehead atoms. The summed E-state index contributed by atoms with van der Waals surface area (Å²) in [4.78, 5) is 0. The number of nitrogens with one attached hydrogen (secondary N) is 1. The standard InChI is InChI=1S/C6H15NO4S2/c1-4-13(10,11)7-6(2)5-12(3,8)9/h6-7H,4-5H2,1-3H3. The fourth-order valence-electron chi connectivity index (χ4n) is 0.878. The van der Waals surface area contributed by atoms with Crippen LogP contribution in [0.2, 0.25) is 0 Å². The Morgan fingerprint density at radius 3 is 2.00 bits per heavy atom. The third-order valence-electron chi connectivity index (χ3n) is 1.31. The van der Waals surface area contributed by atoms with Gasteiger partial charge in [-0.3, -0.25) is 0 Å². The van der Waals surface area contributed by atoms with Crippen molar-refractivity contribution in [3.05, 3.63) is 0 Å². The van der Waals surface area contributed by atoms with Crippen molar-refractivity contribution in [3.8, 4) is 0 Å². The van der Waals surface area contributed by atoms with Crippen LogP contribution in [0.1, 0.15) is 13.8 Å². The van der Waals surface area contributed by atoms with Crippen LogP contribution < -0.4 is 4.72 Å². The van der Waals surface area contributed by atoms with E-state index < -0.39 is 25.9 Å². The molecule has 1 atom stereocenters. The summed E-state index contributed by atoms with van der Waals surface area (Å²) in [6, 6.07) is -0.569. The third-order valence-corrected chi connectivity index (χ3v) is 3.94. The lowest BCUT2D eigenvalue weighted by Gasteiger charge is -2.11. The van der Waals surface area contributed by atoms with Crippen LogP contribution in [0.25, 0.3) is 0 Å². The van der Waals surface area contributed by atoms with E-state index in [1.54, 1.807) is 0 Å². The lowest BCUT2D eigenvalue weighted by atomic mass is 10.4. The molecular formula is C6H15NO4S2. The quantitative estimate of drug-likeness (QED) is 0.680. The molecule has 0 radical (unpaired) electrons. The Morgan fingerprint density at radius 2 is 1.69 bits per heavy atom. The molecule has 13 heavy (non-hydrogen) atoms. The Bertz CT molecular complexity index is 343. The Hall–Kier alpha value is -0.140. The van der Waals surface area contributed by atoms with Gasteiger partial charge in [0.1, 0.15) is 9.84 Å². The SMILES string of the molecule is CCS(=O)(=O)NC(C)CS(C)(=O)=O. The second-order valence-corrected chi connectivity index (χ2v) is 7.24. The van der Waals surface area contributed by atoms with Gasteiger partial charge in [-0.1, -0.05) is 0 Å². The van der Waals surface area contributed by atoms with Gasteiger partial charge in [0, 0.05) is 12.3 Å². The fourth-order valence-corrected chi connectivity index (χ4v) is 2.84. The highest BCUT2D eigenvalue weighted by Gasteiger charge is 2.15. The highest BCUT2D eigenvalue weighted by Crippen LogP contribution is 1.93. The van der Waals surface area contributed by atoms with Crippen LogP contribution >= 0.6 is 0 Å². The number of hydrogen-bond donors (Lipinski definition) is 1. The van der Waals surface area contributed by atoms with E-state index in [2.05, 4.69) is 4.72 Å². The van der Waals surface area contributed by atoms with Crippen LogP contribution in [0.15, 0.2) is 0 Å². The van der Waals surface area contributed by atoms with Crippen molar-refractivity contribution >= 4 is 19.9 Å². The molecule has 1 unspecified atom stereocenters. The molecule has 80 valence electrons. The summed E-state index contributed by atoms with van der Waals surface area (Å²) < 4.78 is 45.8. The molecule has 7 heteroatoms. The number of rotatable bonds is 5. The van der Waals surface area contributed by atoms with E-state index in [1.165, 1.54) is 13.8 Å². The van der Waals surface area contributed by atoms with Gasteiger partial charge in [0.15, 0.2) is 0 Å². The zero-order chi connectivity index (χ0) is 10.7. The van der Waals surface area contributed by atoms with E-state index in [0.717, 1.165) is 6.26 Å². The monoisotopic (exact) mass is 229 g/mol. The maximum absolute atomic E-state index is 11.0. The Kier molecular flexibility index (Phi) is 4.34. The maximum atomic E-state index is 11.0. The van der Waals surface area contributed by atoms with Gasteiger partial charge in [0.25, 0.3) is 0 Å². The van der Waals surface area contributed by atoms with Crippen molar-refractivity contribution in [2.45, 2.75) is 19.9 Å². The van der Waals surface area contributed by atoms with E-state index in [-0.39, 0.29) is 11.5 Å². The molecule has 0 aliphatic heterocycles. The van der Waals surface area contributed by atoms with Crippen LogP contribution in [0.3, 0.4) is 0 Å². The van der Waals surface area contributed by atoms with Crippen molar-refractivity contribution < 1.29 is 16.8 Å². The molecule has 0 rings (SSSR count). The highest BCUT2D eigenvalue weighted by atomic mass is 32.2. The molecule has 0 spiro atoms. The average Bonchev–Trinajstić information content (AvgIpc) is 1.81. The van der Waals surface area contributed by atoms with Crippen LogP contribution in [0.5, 0.6) is 0 Å². The summed E-state index contributed by atoms with van der Waals surface area (Å²) >= 11 is 0. The van der Waals surface area contributed by atoms with Crippen LogP contribution in [-0.4, -0.2) is 40.6 Å². The van der Waals surface area contributed by atoms with E-state index in [4.69, 9.17) is 0 Å². The number of sulfone groups is 1. The molecule has 0 heterocycles. The number of sulfonamides is 1. The summed E-state index contributed by atoms with van der Waals surface area (Å²) in [5, 5.41) is 0. The largest absolute Gasteiger partial charge is 0.229 e. The minimum atomic E-state index is -3.31. The van der Waals surface area contributed by atoms with Crippen molar-refractivity contribution in [2.75, 3.05) is 17.8 Å². The zero-order valence-corrected chi connectivity index (χ0v) is 9.57. The first-order valence-electron chi connectivity index (χ1n) is 3.84. The van der Waals surface area contributed by atoms with Gasteiger partial charge in [-0.2, -0.15) is 0 Å². The first-order valence-corrected chi connectivity index (χ1v) is 7.55. The van der Waals surface area contributed by atoms with E-state index in [1.807, 2.05) is 0 Å². The highest BCUT2D eigenvalue weighted by molar-refractivity contribution is 7.91. The van der Waals surface area contributed by atoms with Crippen molar-refractivity contribution in [2.24, 2.45) is 0 Å². The van der Waals surface area contributed by atoms with Gasteiger partial charge >= 0.3 is 0 Å². The fraction of sp³-hybridized carbons (Fsp3) is 1.00. The molecule has 0 amide bonds. The topological polar surface area (TPSA) is 80.3 Å². The maximum Gasteiger partial charge on any atom is 0.211 e. The van der Waals surface area contributed by atoms with Gasteiger partial charge in [-0.15, -0.1) is 0 Å². The van der Waals surface area contributed by atoms with Gasteiger partial charge in [-0.25, -0.2) is 21.6 Å². The first-order chi connectivity index (χ1) is 5.66. The Morgan fingerprint density at radius 1 is 1.23 bits per heavy atom. The molecule has 0 aromatic heterocycles. The van der Waals surface area contributed by atoms with Crippen LogP contribution in [0, 0.1) is 0 Å². The molecule has 0 aromatic rings. The third kappa shape index (κ3) is 6.97. The zero-order valence-electron chi connectivity index (χ0n) is 7.94. The minimum absolute atomic E-state index is 0.0406. The molecule has 1 N–H and O–H groups in total. The number of hydrogen-bond acceptors (Lipinski definition) is 4. The predicted molar refractivity (Wildman–Crippen MR) is 51.8 cm³/mol. The average molecular weight is 229 g/mol. The summed E-state index contributed by atoms with van der Waals surface area (Å²) in [6.45, 7) is 3.02. The summed E-state index contributed by atoms with van der Waals surface area (Å²) in [5.74, 6) is -0.215. The summed E-state index contributed by atoms with van der Waals surface area (Å²) in [5.41, 5.74) is 0. The Labute approximate surface area is 79.5 Å². The van der Waals surface area contributed by atoms with Gasteiger partial charge in [-0.05, 0) is 13.8 Å². The van der Waals surface area contributed by atoms with Crippen molar-refractivity contribution in [1.82, 2.24) is 4.72 Å². The smallest absolute Gasteiger partial charge is 0.211 e. The first kappa shape index (κ1) is 12.9. The lowest BCUT2D eigenvalue weighted by Crippen LogP contribution is -2.38. The summed E-state index contributed by atoms with van der Waals surface area (Å²) in [7, 11) is -6.44. The van der Waals surface area contributed by atoms with E-state index in [0.29, 0.717) is 0 Å². The normalized spacial score (nSPS) is 15.6. The molecule has 0 aliphatic rings. The Balaban J connectivity index is 4.27. The molecule has 0 aliphatic carbocycles. The van der Waals surface area contributed by atoms with Crippen LogP contribution in [-0.2, 0) is 19.9 Å². The van der Waals surface area contributed by atoms with Gasteiger partial charge in [0.05, 0.1) is 11.5 Å². The van der Waals surface area contributed by atoms with Crippen molar-refractivity contribution in [3.63, 3.8) is 0 Å². The van der Waals surface area contributed by atoms with Gasteiger partial charge < -0.3 is 0 Å². The molecular weight excluding hydrogens is 214 g/mol. The second-order valence-electron chi connectivity index (χ2n) is 3.01. The molecule has 5 nitrogen and oxygen atoms in total. The molecule has 0 saturated carbocycles. The van der Waals surface area contributed by atoms with Crippen LogP contribution in [0.4, 0.5) is 0 Å². The lowest BCUT2D eigenvalue weighted by molar-refractivity contribution is 0.565. The van der Waals surface area contributed by atoms with E-state index in [9.17, 15) is 16.8 Å². The van der Waals surface area contributed by atoms with E-state index >= 15 is 0 Å². The summed E-state index contributed by atoms with van der Waals surface area (Å²) in [6.07, 6.45) is 1.07.